The van der Waals surface area contributed by atoms with Crippen molar-refractivity contribution in [2.75, 3.05) is 13.1 Å². The summed E-state index contributed by atoms with van der Waals surface area (Å²) in [6.45, 7) is 3.70. The van der Waals surface area contributed by atoms with Crippen LogP contribution in [0.4, 0.5) is 0 Å². The Morgan fingerprint density at radius 1 is 0.776 bits per heavy atom. The lowest BCUT2D eigenvalue weighted by molar-refractivity contribution is -0.142. The zero-order chi connectivity index (χ0) is 35.9. The molecule has 6 atom stereocenters. The van der Waals surface area contributed by atoms with E-state index in [0.29, 0.717) is 38.8 Å². The van der Waals surface area contributed by atoms with Crippen LogP contribution in [0.1, 0.15) is 57.1 Å². The van der Waals surface area contributed by atoms with Crippen LogP contribution in [0.5, 0.6) is 0 Å². The molecule has 3 rings (SSSR count). The molecule has 0 bridgehead atoms. The Morgan fingerprint density at radius 3 is 1.82 bits per heavy atom. The van der Waals surface area contributed by atoms with Gasteiger partial charge in [-0.05, 0) is 63.6 Å². The molecular formula is C35H49N7O7. The highest BCUT2D eigenvalue weighted by molar-refractivity contribution is 5.96. The smallest absolute Gasteiger partial charge is 0.326 e. The van der Waals surface area contributed by atoms with Crippen LogP contribution >= 0.6 is 0 Å². The van der Waals surface area contributed by atoms with E-state index in [9.17, 15) is 33.9 Å². The Labute approximate surface area is 286 Å². The summed E-state index contributed by atoms with van der Waals surface area (Å²) in [4.78, 5) is 80.0. The highest BCUT2D eigenvalue weighted by atomic mass is 16.4. The summed E-state index contributed by atoms with van der Waals surface area (Å²) in [5, 5.41) is 20.4. The molecule has 0 radical (unpaired) electrons. The lowest BCUT2D eigenvalue weighted by Crippen LogP contribution is -2.59. The molecule has 1 aliphatic rings. The van der Waals surface area contributed by atoms with Crippen molar-refractivity contribution < 1.29 is 33.9 Å². The molecule has 49 heavy (non-hydrogen) atoms. The predicted molar refractivity (Wildman–Crippen MR) is 183 cm³/mol. The minimum absolute atomic E-state index is 0.0650. The first-order valence-corrected chi connectivity index (χ1v) is 16.7. The second-order valence-corrected chi connectivity index (χ2v) is 12.4. The quantitative estimate of drug-likeness (QED) is 0.105. The third-order valence-electron chi connectivity index (χ3n) is 8.37. The van der Waals surface area contributed by atoms with Crippen LogP contribution in [0.2, 0.25) is 0 Å². The monoisotopic (exact) mass is 679 g/mol. The van der Waals surface area contributed by atoms with Gasteiger partial charge in [0, 0.05) is 19.4 Å². The number of hydrogen-bond donors (Lipinski definition) is 7. The van der Waals surface area contributed by atoms with E-state index in [1.165, 1.54) is 18.7 Å². The van der Waals surface area contributed by atoms with E-state index >= 15 is 0 Å². The summed E-state index contributed by atoms with van der Waals surface area (Å²) >= 11 is 0. The number of carboxylic acids is 1. The Kier molecular flexibility index (Phi) is 15.2. The molecule has 1 aliphatic heterocycles. The third-order valence-corrected chi connectivity index (χ3v) is 8.37. The number of nitrogens with two attached hydrogens (primary N) is 2. The van der Waals surface area contributed by atoms with Gasteiger partial charge in [-0.15, -0.1) is 0 Å². The molecule has 1 fully saturated rings. The molecule has 5 amide bonds. The maximum atomic E-state index is 14.0. The summed E-state index contributed by atoms with van der Waals surface area (Å²) in [5.74, 6) is -4.04. The minimum Gasteiger partial charge on any atom is -0.480 e. The molecule has 2 aromatic carbocycles. The van der Waals surface area contributed by atoms with Crippen molar-refractivity contribution >= 4 is 35.5 Å². The van der Waals surface area contributed by atoms with Crippen molar-refractivity contribution in [2.24, 2.45) is 11.5 Å². The molecule has 14 nitrogen and oxygen atoms in total. The first kappa shape index (κ1) is 38.6. The predicted octanol–water partition coefficient (Wildman–Crippen LogP) is -0.0173. The first-order valence-electron chi connectivity index (χ1n) is 16.7. The van der Waals surface area contributed by atoms with Crippen molar-refractivity contribution in [3.8, 4) is 0 Å². The minimum atomic E-state index is -1.20. The van der Waals surface area contributed by atoms with Crippen LogP contribution in [-0.4, -0.2) is 94.9 Å². The van der Waals surface area contributed by atoms with Crippen LogP contribution in [0.25, 0.3) is 0 Å². The number of nitrogens with one attached hydrogen (secondary N) is 4. The largest absolute Gasteiger partial charge is 0.480 e. The van der Waals surface area contributed by atoms with E-state index in [2.05, 4.69) is 21.3 Å². The SMILES string of the molecule is C[C@H](N)C(=O)N[C@@H](C)C(=O)N1CCC[C@H]1C(=O)N[C@@H](Cc1ccccc1)C(=O)N[C@@H](Cc1ccccc1)C(=O)N[C@@H](CCCCN)C(=O)O. The normalized spacial score (nSPS) is 17.1. The Balaban J connectivity index is 1.83. The fraction of sp³-hybridized carbons (Fsp3) is 0.486. The lowest BCUT2D eigenvalue weighted by atomic mass is 10.0. The summed E-state index contributed by atoms with van der Waals surface area (Å²) in [6, 6.07) is 11.8. The number of likely N-dealkylation sites (tertiary alicyclic amines) is 1. The third kappa shape index (κ3) is 12.0. The summed E-state index contributed by atoms with van der Waals surface area (Å²) in [7, 11) is 0. The van der Waals surface area contributed by atoms with Gasteiger partial charge in [-0.1, -0.05) is 60.7 Å². The van der Waals surface area contributed by atoms with Crippen LogP contribution < -0.4 is 32.7 Å². The number of benzene rings is 2. The molecule has 1 heterocycles. The molecule has 9 N–H and O–H groups in total. The Morgan fingerprint density at radius 2 is 1.31 bits per heavy atom. The van der Waals surface area contributed by atoms with Gasteiger partial charge in [0.05, 0.1) is 6.04 Å². The number of amides is 5. The maximum absolute atomic E-state index is 14.0. The van der Waals surface area contributed by atoms with Gasteiger partial charge in [0.2, 0.25) is 29.5 Å². The zero-order valence-corrected chi connectivity index (χ0v) is 28.1. The van der Waals surface area contributed by atoms with Crippen molar-refractivity contribution in [3.05, 3.63) is 71.8 Å². The van der Waals surface area contributed by atoms with Gasteiger partial charge in [-0.3, -0.25) is 24.0 Å². The van der Waals surface area contributed by atoms with Crippen LogP contribution in [0, 0.1) is 0 Å². The van der Waals surface area contributed by atoms with Crippen molar-refractivity contribution in [3.63, 3.8) is 0 Å². The Hall–Kier alpha value is -4.82. The molecule has 14 heteroatoms. The topological polar surface area (TPSA) is 226 Å². The van der Waals surface area contributed by atoms with E-state index in [1.807, 2.05) is 12.1 Å². The van der Waals surface area contributed by atoms with E-state index in [0.717, 1.165) is 11.1 Å². The van der Waals surface area contributed by atoms with E-state index in [-0.39, 0.29) is 19.3 Å². The van der Waals surface area contributed by atoms with Gasteiger partial charge in [-0.25, -0.2) is 4.79 Å². The Bertz CT molecular complexity index is 1420. The summed E-state index contributed by atoms with van der Waals surface area (Å²) in [6.07, 6.45) is 2.29. The highest BCUT2D eigenvalue weighted by Gasteiger charge is 2.38. The average Bonchev–Trinajstić information content (AvgIpc) is 3.58. The van der Waals surface area contributed by atoms with Gasteiger partial charge in [0.15, 0.2) is 0 Å². The molecular weight excluding hydrogens is 630 g/mol. The maximum Gasteiger partial charge on any atom is 0.326 e. The number of nitrogens with zero attached hydrogens (tertiary/aromatic N) is 1. The molecule has 0 saturated carbocycles. The van der Waals surface area contributed by atoms with E-state index < -0.39 is 71.8 Å². The summed E-state index contributed by atoms with van der Waals surface area (Å²) in [5.41, 5.74) is 12.6. The van der Waals surface area contributed by atoms with Gasteiger partial charge in [0.25, 0.3) is 0 Å². The van der Waals surface area contributed by atoms with Crippen molar-refractivity contribution in [1.29, 1.82) is 0 Å². The van der Waals surface area contributed by atoms with Crippen molar-refractivity contribution in [1.82, 2.24) is 26.2 Å². The highest BCUT2D eigenvalue weighted by Crippen LogP contribution is 2.19. The number of aliphatic carboxylic acids is 1. The van der Waals surface area contributed by atoms with E-state index in [1.54, 1.807) is 48.5 Å². The standard InChI is InChI=1S/C35H49N7O7/c1-22(37)30(43)38-23(2)34(47)42-19-11-17-29(42)33(46)41-28(21-25-14-7-4-8-15-25)32(45)40-27(20-24-12-5-3-6-13-24)31(44)39-26(35(48)49)16-9-10-18-36/h3-8,12-15,22-23,26-29H,9-11,16-21,36-37H2,1-2H3,(H,38,43)(H,39,44)(H,40,45)(H,41,46)(H,48,49)/t22-,23-,26-,27-,28-,29-/m0/s1. The number of carbonyl (C=O) groups is 6. The van der Waals surface area contributed by atoms with Crippen molar-refractivity contribution in [2.45, 2.75) is 95.0 Å². The number of unbranched alkanes of at least 4 members (excludes halogenated alkanes) is 1. The first-order chi connectivity index (χ1) is 23.4. The fourth-order valence-corrected chi connectivity index (χ4v) is 5.64. The van der Waals surface area contributed by atoms with Gasteiger partial charge in [0.1, 0.15) is 30.2 Å². The number of hydrogen-bond acceptors (Lipinski definition) is 8. The van der Waals surface area contributed by atoms with Crippen LogP contribution in [-0.2, 0) is 41.6 Å². The lowest BCUT2D eigenvalue weighted by Gasteiger charge is -2.29. The number of carboxylic acid groups (broad SMARTS) is 1. The van der Waals surface area contributed by atoms with Gasteiger partial charge >= 0.3 is 5.97 Å². The fourth-order valence-electron chi connectivity index (χ4n) is 5.64. The molecule has 0 unspecified atom stereocenters. The molecule has 0 aromatic heterocycles. The van der Waals surface area contributed by atoms with Gasteiger partial charge < -0.3 is 42.7 Å². The molecule has 0 spiro atoms. The second-order valence-electron chi connectivity index (χ2n) is 12.4. The molecule has 2 aromatic rings. The summed E-state index contributed by atoms with van der Waals surface area (Å²) < 4.78 is 0. The van der Waals surface area contributed by atoms with Gasteiger partial charge in [-0.2, -0.15) is 0 Å². The number of rotatable bonds is 18. The zero-order valence-electron chi connectivity index (χ0n) is 28.1. The average molecular weight is 680 g/mol. The molecule has 1 saturated heterocycles. The number of carbonyl (C=O) groups excluding carboxylic acids is 5. The van der Waals surface area contributed by atoms with Crippen LogP contribution in [0.3, 0.4) is 0 Å². The van der Waals surface area contributed by atoms with Crippen LogP contribution in [0.15, 0.2) is 60.7 Å². The molecule has 0 aliphatic carbocycles. The second kappa shape index (κ2) is 19.2. The van der Waals surface area contributed by atoms with E-state index in [4.69, 9.17) is 11.5 Å². The molecule has 266 valence electrons.